The summed E-state index contributed by atoms with van der Waals surface area (Å²) in [5.41, 5.74) is -0.495. The van der Waals surface area contributed by atoms with Gasteiger partial charge in [-0.1, -0.05) is 13.8 Å². The smallest absolute Gasteiger partial charge is 0.416 e. The number of aliphatic carboxylic acids is 1. The lowest BCUT2D eigenvalue weighted by atomic mass is 9.97. The summed E-state index contributed by atoms with van der Waals surface area (Å²) in [6.07, 6.45) is -4.40. The van der Waals surface area contributed by atoms with E-state index in [1.54, 1.807) is 13.8 Å². The van der Waals surface area contributed by atoms with Crippen molar-refractivity contribution in [2.75, 3.05) is 0 Å². The molecule has 2 unspecified atom stereocenters. The van der Waals surface area contributed by atoms with E-state index in [0.717, 1.165) is 12.1 Å². The number of nitrogens with zero attached hydrogens (tertiary/aromatic N) is 1. The molecule has 0 spiro atoms. The van der Waals surface area contributed by atoms with Crippen molar-refractivity contribution in [1.82, 2.24) is 4.98 Å². The van der Waals surface area contributed by atoms with Crippen molar-refractivity contribution in [2.45, 2.75) is 25.9 Å². The topological polar surface area (TPSA) is 50.2 Å². The van der Waals surface area contributed by atoms with Crippen molar-refractivity contribution in [3.63, 3.8) is 0 Å². The Kier molecular flexibility index (Phi) is 3.73. The summed E-state index contributed by atoms with van der Waals surface area (Å²) in [5.74, 6) is -1.94. The van der Waals surface area contributed by atoms with Crippen LogP contribution in [-0.2, 0) is 11.0 Å². The van der Waals surface area contributed by atoms with E-state index in [2.05, 4.69) is 4.98 Å². The van der Waals surface area contributed by atoms with Gasteiger partial charge in [-0.05, 0) is 18.2 Å². The van der Waals surface area contributed by atoms with Gasteiger partial charge in [-0.2, -0.15) is 13.2 Å². The number of thiazole rings is 1. The second-order valence-electron chi connectivity index (χ2n) is 4.65. The summed E-state index contributed by atoms with van der Waals surface area (Å²) in [5, 5.41) is 9.50. The normalized spacial score (nSPS) is 15.2. The summed E-state index contributed by atoms with van der Waals surface area (Å²) in [6.45, 7) is 3.27. The molecule has 0 aliphatic heterocycles. The molecular formula is C13H12F3NO2S. The first-order chi connectivity index (χ1) is 9.20. The molecule has 2 atom stereocenters. The van der Waals surface area contributed by atoms with E-state index in [4.69, 9.17) is 5.11 Å². The van der Waals surface area contributed by atoms with Crippen LogP contribution in [0, 0.1) is 5.92 Å². The van der Waals surface area contributed by atoms with Gasteiger partial charge in [0.25, 0.3) is 0 Å². The minimum Gasteiger partial charge on any atom is -0.481 e. The highest BCUT2D eigenvalue weighted by Gasteiger charge is 2.31. The van der Waals surface area contributed by atoms with Gasteiger partial charge >= 0.3 is 12.1 Å². The molecule has 0 saturated heterocycles. The molecule has 108 valence electrons. The van der Waals surface area contributed by atoms with Crippen LogP contribution < -0.4 is 0 Å². The molecule has 0 bridgehead atoms. The largest absolute Gasteiger partial charge is 0.481 e. The fraction of sp³-hybridized carbons (Fsp3) is 0.385. The van der Waals surface area contributed by atoms with Crippen LogP contribution in [0.3, 0.4) is 0 Å². The summed E-state index contributed by atoms with van der Waals surface area (Å²) >= 11 is 1.23. The number of aromatic nitrogens is 1. The molecule has 0 radical (unpaired) electrons. The van der Waals surface area contributed by atoms with Crippen molar-refractivity contribution >= 4 is 27.5 Å². The molecule has 1 heterocycles. The average molecular weight is 303 g/mol. The molecule has 0 aliphatic rings. The van der Waals surface area contributed by atoms with Crippen LogP contribution in [0.25, 0.3) is 10.2 Å². The van der Waals surface area contributed by atoms with E-state index in [1.807, 2.05) is 0 Å². The van der Waals surface area contributed by atoms with Gasteiger partial charge in [0, 0.05) is 5.92 Å². The second kappa shape index (κ2) is 5.05. The minimum atomic E-state index is -4.40. The highest BCUT2D eigenvalue weighted by Crippen LogP contribution is 2.35. The number of fused-ring (bicyclic) bond motifs is 1. The Balaban J connectivity index is 2.41. The summed E-state index contributed by atoms with van der Waals surface area (Å²) in [7, 11) is 0. The maximum atomic E-state index is 12.6. The number of hydrogen-bond donors (Lipinski definition) is 1. The Morgan fingerprint density at radius 2 is 2.00 bits per heavy atom. The predicted octanol–water partition coefficient (Wildman–Crippen LogP) is 4.14. The lowest BCUT2D eigenvalue weighted by Crippen LogP contribution is -2.16. The van der Waals surface area contributed by atoms with Gasteiger partial charge in [0.15, 0.2) is 0 Å². The number of hydrogen-bond acceptors (Lipinski definition) is 3. The molecule has 1 aromatic heterocycles. The molecule has 0 fully saturated rings. The zero-order valence-electron chi connectivity index (χ0n) is 10.7. The van der Waals surface area contributed by atoms with Crippen LogP contribution in [0.15, 0.2) is 18.2 Å². The Labute approximate surface area is 117 Å². The Hall–Kier alpha value is -1.63. The Bertz CT molecular complexity index is 651. The fourth-order valence-electron chi connectivity index (χ4n) is 1.74. The minimum absolute atomic E-state index is 0.254. The zero-order valence-corrected chi connectivity index (χ0v) is 11.5. The first kappa shape index (κ1) is 14.8. The van der Waals surface area contributed by atoms with Gasteiger partial charge in [0.1, 0.15) is 0 Å². The maximum Gasteiger partial charge on any atom is 0.416 e. The van der Waals surface area contributed by atoms with Crippen LogP contribution in [0.2, 0.25) is 0 Å². The van der Waals surface area contributed by atoms with Crippen LogP contribution in [0.4, 0.5) is 13.2 Å². The van der Waals surface area contributed by atoms with E-state index in [0.29, 0.717) is 9.71 Å². The lowest BCUT2D eigenvalue weighted by Gasteiger charge is -2.12. The van der Waals surface area contributed by atoms with E-state index in [-0.39, 0.29) is 11.4 Å². The van der Waals surface area contributed by atoms with Gasteiger partial charge in [-0.3, -0.25) is 4.79 Å². The fourth-order valence-corrected chi connectivity index (χ4v) is 2.85. The highest BCUT2D eigenvalue weighted by atomic mass is 32.1. The van der Waals surface area contributed by atoms with Gasteiger partial charge in [0.2, 0.25) is 0 Å². The monoisotopic (exact) mass is 303 g/mol. The molecule has 7 heteroatoms. The Morgan fingerprint density at radius 1 is 1.35 bits per heavy atom. The number of benzene rings is 1. The van der Waals surface area contributed by atoms with E-state index < -0.39 is 23.6 Å². The Morgan fingerprint density at radius 3 is 2.55 bits per heavy atom. The number of halogens is 3. The molecule has 1 N–H and O–H groups in total. The third-order valence-corrected chi connectivity index (χ3v) is 4.50. The number of carboxylic acids is 1. The highest BCUT2D eigenvalue weighted by molar-refractivity contribution is 7.18. The number of carbonyl (C=O) groups is 1. The first-order valence-corrected chi connectivity index (χ1v) is 6.72. The van der Waals surface area contributed by atoms with Crippen molar-refractivity contribution in [3.05, 3.63) is 28.8 Å². The molecular weight excluding hydrogens is 291 g/mol. The van der Waals surface area contributed by atoms with Crippen molar-refractivity contribution in [3.8, 4) is 0 Å². The maximum absolute atomic E-state index is 12.6. The zero-order chi connectivity index (χ0) is 15.1. The van der Waals surface area contributed by atoms with Crippen molar-refractivity contribution in [2.24, 2.45) is 5.92 Å². The molecule has 3 nitrogen and oxygen atoms in total. The van der Waals surface area contributed by atoms with Gasteiger partial charge < -0.3 is 5.11 Å². The van der Waals surface area contributed by atoms with E-state index in [1.165, 1.54) is 17.4 Å². The molecule has 2 rings (SSSR count). The van der Waals surface area contributed by atoms with Crippen LogP contribution in [0.1, 0.15) is 30.3 Å². The molecule has 0 saturated carbocycles. The van der Waals surface area contributed by atoms with Crippen LogP contribution >= 0.6 is 11.3 Å². The second-order valence-corrected chi connectivity index (χ2v) is 5.71. The first-order valence-electron chi connectivity index (χ1n) is 5.90. The molecule has 20 heavy (non-hydrogen) atoms. The standard InChI is InChI=1S/C13H12F3NO2S/c1-6(7(2)12(18)19)11-17-9-5-8(13(14,15)16)3-4-10(9)20-11/h3-7H,1-2H3,(H,18,19). The number of rotatable bonds is 3. The molecule has 0 aliphatic carbocycles. The van der Waals surface area contributed by atoms with Gasteiger partial charge in [-0.15, -0.1) is 11.3 Å². The van der Waals surface area contributed by atoms with Crippen LogP contribution in [0.5, 0.6) is 0 Å². The number of carboxylic acid groups (broad SMARTS) is 1. The summed E-state index contributed by atoms with van der Waals surface area (Å²) in [6, 6.07) is 3.38. The van der Waals surface area contributed by atoms with Crippen LogP contribution in [-0.4, -0.2) is 16.1 Å². The predicted molar refractivity (Wildman–Crippen MR) is 69.8 cm³/mol. The van der Waals surface area contributed by atoms with Crippen molar-refractivity contribution < 1.29 is 23.1 Å². The quantitative estimate of drug-likeness (QED) is 0.927. The van der Waals surface area contributed by atoms with Gasteiger partial charge in [0.05, 0.1) is 26.7 Å². The van der Waals surface area contributed by atoms with E-state index >= 15 is 0 Å². The molecule has 2 aromatic rings. The molecule has 1 aromatic carbocycles. The third-order valence-electron chi connectivity index (χ3n) is 3.26. The van der Waals surface area contributed by atoms with E-state index in [9.17, 15) is 18.0 Å². The summed E-state index contributed by atoms with van der Waals surface area (Å²) < 4.78 is 38.5. The van der Waals surface area contributed by atoms with Gasteiger partial charge in [-0.25, -0.2) is 4.98 Å². The van der Waals surface area contributed by atoms with Crippen molar-refractivity contribution in [1.29, 1.82) is 0 Å². The number of alkyl halides is 3. The molecule has 0 amide bonds. The average Bonchev–Trinajstić information content (AvgIpc) is 2.78. The third kappa shape index (κ3) is 2.77. The SMILES string of the molecule is CC(C(=O)O)C(C)c1nc2cc(C(F)(F)F)ccc2s1. The lowest BCUT2D eigenvalue weighted by molar-refractivity contribution is -0.141. The summed E-state index contributed by atoms with van der Waals surface area (Å²) in [4.78, 5) is 15.1.